The van der Waals surface area contributed by atoms with Crippen LogP contribution < -0.4 is 10.1 Å². The van der Waals surface area contributed by atoms with Crippen LogP contribution >= 0.6 is 0 Å². The van der Waals surface area contributed by atoms with Gasteiger partial charge < -0.3 is 10.1 Å². The lowest BCUT2D eigenvalue weighted by atomic mass is 9.85. The lowest BCUT2D eigenvalue weighted by Crippen LogP contribution is -2.26. The topological polar surface area (TPSA) is 75.0 Å². The van der Waals surface area contributed by atoms with E-state index in [9.17, 15) is 4.79 Å². The summed E-state index contributed by atoms with van der Waals surface area (Å²) in [5, 5.41) is 12.8. The standard InChI is InChI=1S/C24H23N3O2/c25-16-18-5-9-19(10-6-18)27-24(28)15-17-7-11-20(12-8-17)29-23-13-14-26-22-4-2-1-3-21(22)23/h1-6,9-10,13-14,17,20H,7-8,11-12,15H2,(H,27,28). The van der Waals surface area contributed by atoms with Gasteiger partial charge in [-0.25, -0.2) is 0 Å². The molecule has 29 heavy (non-hydrogen) atoms. The average Bonchev–Trinajstić information content (AvgIpc) is 2.76. The highest BCUT2D eigenvalue weighted by Gasteiger charge is 2.24. The second-order valence-corrected chi connectivity index (χ2v) is 7.53. The molecule has 1 fully saturated rings. The van der Waals surface area contributed by atoms with E-state index >= 15 is 0 Å². The molecule has 5 nitrogen and oxygen atoms in total. The zero-order valence-corrected chi connectivity index (χ0v) is 16.2. The minimum absolute atomic E-state index is 0.0270. The van der Waals surface area contributed by atoms with Crippen LogP contribution in [0.4, 0.5) is 5.69 Å². The summed E-state index contributed by atoms with van der Waals surface area (Å²) in [5.74, 6) is 1.29. The molecule has 1 aliphatic carbocycles. The summed E-state index contributed by atoms with van der Waals surface area (Å²) < 4.78 is 6.27. The maximum atomic E-state index is 12.3. The van der Waals surface area contributed by atoms with Gasteiger partial charge in [-0.1, -0.05) is 12.1 Å². The second kappa shape index (κ2) is 8.74. The Labute approximate surface area is 170 Å². The number of aromatic nitrogens is 1. The van der Waals surface area contributed by atoms with E-state index in [2.05, 4.69) is 16.4 Å². The Bertz CT molecular complexity index is 1030. The molecule has 1 heterocycles. The average molecular weight is 385 g/mol. The van der Waals surface area contributed by atoms with Crippen molar-refractivity contribution < 1.29 is 9.53 Å². The van der Waals surface area contributed by atoms with Crippen molar-refractivity contribution in [2.24, 2.45) is 5.92 Å². The van der Waals surface area contributed by atoms with Crippen LogP contribution in [0.15, 0.2) is 60.8 Å². The van der Waals surface area contributed by atoms with Crippen molar-refractivity contribution in [3.63, 3.8) is 0 Å². The van der Waals surface area contributed by atoms with Crippen molar-refractivity contribution in [1.29, 1.82) is 5.26 Å². The summed E-state index contributed by atoms with van der Waals surface area (Å²) in [6.07, 6.45) is 6.35. The molecule has 2 aromatic carbocycles. The van der Waals surface area contributed by atoms with Crippen LogP contribution in [0.2, 0.25) is 0 Å². The normalized spacial score (nSPS) is 18.7. The minimum atomic E-state index is 0.0270. The molecule has 146 valence electrons. The van der Waals surface area contributed by atoms with Gasteiger partial charge in [0.15, 0.2) is 0 Å². The van der Waals surface area contributed by atoms with Gasteiger partial charge in [0.25, 0.3) is 0 Å². The molecule has 0 saturated heterocycles. The lowest BCUT2D eigenvalue weighted by molar-refractivity contribution is -0.117. The molecule has 1 aromatic heterocycles. The van der Waals surface area contributed by atoms with Crippen molar-refractivity contribution in [2.75, 3.05) is 5.32 Å². The van der Waals surface area contributed by atoms with E-state index in [-0.39, 0.29) is 12.0 Å². The Morgan fingerprint density at radius 2 is 1.83 bits per heavy atom. The maximum Gasteiger partial charge on any atom is 0.224 e. The van der Waals surface area contributed by atoms with E-state index in [1.165, 1.54) is 0 Å². The summed E-state index contributed by atoms with van der Waals surface area (Å²) in [6, 6.07) is 19.0. The van der Waals surface area contributed by atoms with Crippen LogP contribution in [0.3, 0.4) is 0 Å². The third-order valence-corrected chi connectivity index (χ3v) is 5.47. The highest BCUT2D eigenvalue weighted by molar-refractivity contribution is 5.90. The molecule has 5 heteroatoms. The van der Waals surface area contributed by atoms with E-state index < -0.39 is 0 Å². The molecule has 1 aliphatic rings. The van der Waals surface area contributed by atoms with Gasteiger partial charge in [0.05, 0.1) is 23.3 Å². The van der Waals surface area contributed by atoms with Crippen LogP contribution in [-0.2, 0) is 4.79 Å². The van der Waals surface area contributed by atoms with Crippen LogP contribution in [0, 0.1) is 17.2 Å². The first-order chi connectivity index (χ1) is 14.2. The fourth-order valence-electron chi connectivity index (χ4n) is 3.91. The van der Waals surface area contributed by atoms with E-state index in [0.29, 0.717) is 17.9 Å². The largest absolute Gasteiger partial charge is 0.490 e. The first kappa shape index (κ1) is 18.9. The smallest absolute Gasteiger partial charge is 0.224 e. The number of anilines is 1. The van der Waals surface area contributed by atoms with Crippen molar-refractivity contribution in [2.45, 2.75) is 38.2 Å². The Morgan fingerprint density at radius 1 is 1.07 bits per heavy atom. The molecule has 0 radical (unpaired) electrons. The van der Waals surface area contributed by atoms with Gasteiger partial charge in [-0.3, -0.25) is 9.78 Å². The third-order valence-electron chi connectivity index (χ3n) is 5.47. The summed E-state index contributed by atoms with van der Waals surface area (Å²) >= 11 is 0. The third kappa shape index (κ3) is 4.72. The quantitative estimate of drug-likeness (QED) is 0.665. The van der Waals surface area contributed by atoms with Crippen LogP contribution in [-0.4, -0.2) is 17.0 Å². The number of carbonyl (C=O) groups is 1. The number of nitrogens with zero attached hydrogens (tertiary/aromatic N) is 2. The first-order valence-corrected chi connectivity index (χ1v) is 10.0. The number of amides is 1. The van der Waals surface area contributed by atoms with E-state index in [1.54, 1.807) is 30.5 Å². The van der Waals surface area contributed by atoms with Crippen molar-refractivity contribution in [3.05, 3.63) is 66.4 Å². The summed E-state index contributed by atoms with van der Waals surface area (Å²) in [5.41, 5.74) is 2.26. The van der Waals surface area contributed by atoms with E-state index in [1.807, 2.05) is 30.3 Å². The van der Waals surface area contributed by atoms with Crippen LogP contribution in [0.1, 0.15) is 37.7 Å². The number of para-hydroxylation sites is 1. The van der Waals surface area contributed by atoms with Crippen molar-refractivity contribution in [1.82, 2.24) is 4.98 Å². The number of rotatable bonds is 5. The molecule has 1 saturated carbocycles. The first-order valence-electron chi connectivity index (χ1n) is 10.0. The van der Waals surface area contributed by atoms with Gasteiger partial charge >= 0.3 is 0 Å². The molecule has 0 aliphatic heterocycles. The van der Waals surface area contributed by atoms with Crippen molar-refractivity contribution >= 4 is 22.5 Å². The molecule has 3 aromatic rings. The minimum Gasteiger partial charge on any atom is -0.490 e. The van der Waals surface area contributed by atoms with Gasteiger partial charge in [0, 0.05) is 23.7 Å². The molecular formula is C24H23N3O2. The number of carbonyl (C=O) groups excluding carboxylic acids is 1. The molecule has 0 bridgehead atoms. The Kier molecular flexibility index (Phi) is 5.71. The Morgan fingerprint density at radius 3 is 2.59 bits per heavy atom. The highest BCUT2D eigenvalue weighted by atomic mass is 16.5. The number of benzene rings is 2. The van der Waals surface area contributed by atoms with Gasteiger partial charge in [-0.05, 0) is 74.1 Å². The van der Waals surface area contributed by atoms with Gasteiger partial charge in [0.2, 0.25) is 5.91 Å². The number of pyridine rings is 1. The summed E-state index contributed by atoms with van der Waals surface area (Å²) in [4.78, 5) is 16.7. The molecule has 1 N–H and O–H groups in total. The number of nitriles is 1. The van der Waals surface area contributed by atoms with Gasteiger partial charge in [-0.15, -0.1) is 0 Å². The predicted molar refractivity (Wildman–Crippen MR) is 113 cm³/mol. The molecule has 1 amide bonds. The van der Waals surface area contributed by atoms with Gasteiger partial charge in [-0.2, -0.15) is 5.26 Å². The Hall–Kier alpha value is -3.39. The molecule has 0 spiro atoms. The summed E-state index contributed by atoms with van der Waals surface area (Å²) in [6.45, 7) is 0. The van der Waals surface area contributed by atoms with E-state index in [4.69, 9.17) is 10.00 Å². The highest BCUT2D eigenvalue weighted by Crippen LogP contribution is 2.32. The predicted octanol–water partition coefficient (Wildman–Crippen LogP) is 5.07. The number of hydrogen-bond acceptors (Lipinski definition) is 4. The van der Waals surface area contributed by atoms with E-state index in [0.717, 1.165) is 48.0 Å². The fraction of sp³-hybridized carbons (Fsp3) is 0.292. The SMILES string of the molecule is N#Cc1ccc(NC(=O)CC2CCC(Oc3ccnc4ccccc34)CC2)cc1. The molecular weight excluding hydrogens is 362 g/mol. The van der Waals surface area contributed by atoms with Crippen LogP contribution in [0.5, 0.6) is 5.75 Å². The number of ether oxygens (including phenoxy) is 1. The Balaban J connectivity index is 1.28. The van der Waals surface area contributed by atoms with Crippen LogP contribution in [0.25, 0.3) is 10.9 Å². The zero-order chi connectivity index (χ0) is 20.1. The molecule has 0 unspecified atom stereocenters. The fourth-order valence-corrected chi connectivity index (χ4v) is 3.91. The number of nitrogens with one attached hydrogen (secondary N) is 1. The zero-order valence-electron chi connectivity index (χ0n) is 16.2. The molecule has 4 rings (SSSR count). The monoisotopic (exact) mass is 385 g/mol. The summed E-state index contributed by atoms with van der Waals surface area (Å²) in [7, 11) is 0. The lowest BCUT2D eigenvalue weighted by Gasteiger charge is -2.29. The molecule has 0 atom stereocenters. The number of hydrogen-bond donors (Lipinski definition) is 1. The van der Waals surface area contributed by atoms with Crippen molar-refractivity contribution in [3.8, 4) is 11.8 Å². The number of fused-ring (bicyclic) bond motifs is 1. The maximum absolute atomic E-state index is 12.3. The van der Waals surface area contributed by atoms with Gasteiger partial charge in [0.1, 0.15) is 5.75 Å². The second-order valence-electron chi connectivity index (χ2n) is 7.53.